The molecule has 4 heteroatoms. The van der Waals surface area contributed by atoms with Crippen LogP contribution in [0.1, 0.15) is 46.5 Å². The lowest BCUT2D eigenvalue weighted by atomic mass is 9.97. The first-order valence-corrected chi connectivity index (χ1v) is 6.53. The molecule has 0 heterocycles. The van der Waals surface area contributed by atoms with Crippen LogP contribution in [0.4, 0.5) is 4.79 Å². The summed E-state index contributed by atoms with van der Waals surface area (Å²) in [5.41, 5.74) is 0. The summed E-state index contributed by atoms with van der Waals surface area (Å²) in [6.45, 7) is 6.43. The van der Waals surface area contributed by atoms with Crippen LogP contribution in [0.3, 0.4) is 0 Å². The van der Waals surface area contributed by atoms with Crippen molar-refractivity contribution >= 4 is 6.09 Å². The number of unbranched alkanes of at least 4 members (excludes halogenated alkanes) is 1. The zero-order valence-corrected chi connectivity index (χ0v) is 11.9. The predicted octanol–water partition coefficient (Wildman–Crippen LogP) is 2.54. The zero-order valence-electron chi connectivity index (χ0n) is 11.9. The average molecular weight is 244 g/mol. The van der Waals surface area contributed by atoms with Crippen LogP contribution in [-0.4, -0.2) is 32.3 Å². The van der Waals surface area contributed by atoms with E-state index in [2.05, 4.69) is 36.1 Å². The first kappa shape index (κ1) is 16.2. The molecule has 0 aliphatic carbocycles. The number of hydrogen-bond acceptors (Lipinski definition) is 3. The lowest BCUT2D eigenvalue weighted by Crippen LogP contribution is -2.38. The number of hydrogen-bond donors (Lipinski definition) is 2. The molecule has 2 atom stereocenters. The molecular formula is C13H28N2O2. The van der Waals surface area contributed by atoms with Gasteiger partial charge in [0.2, 0.25) is 0 Å². The van der Waals surface area contributed by atoms with Gasteiger partial charge in [-0.1, -0.05) is 26.7 Å². The highest BCUT2D eigenvalue weighted by molar-refractivity contribution is 5.67. The minimum Gasteiger partial charge on any atom is -0.453 e. The molecule has 2 N–H and O–H groups in total. The summed E-state index contributed by atoms with van der Waals surface area (Å²) in [5, 5.41) is 6.12. The fraction of sp³-hybridized carbons (Fsp3) is 0.923. The quantitative estimate of drug-likeness (QED) is 0.645. The molecule has 0 bridgehead atoms. The molecule has 102 valence electrons. The van der Waals surface area contributed by atoms with Gasteiger partial charge in [-0.25, -0.2) is 4.79 Å². The lowest BCUT2D eigenvalue weighted by molar-refractivity contribution is 0.161. The second-order valence-corrected chi connectivity index (χ2v) is 4.96. The van der Waals surface area contributed by atoms with Gasteiger partial charge in [-0.05, 0) is 32.7 Å². The second-order valence-electron chi connectivity index (χ2n) is 4.96. The molecule has 0 aromatic heterocycles. The molecule has 0 saturated carbocycles. The maximum absolute atomic E-state index is 11.2. The van der Waals surface area contributed by atoms with Gasteiger partial charge in [0.25, 0.3) is 0 Å². The molecule has 0 saturated heterocycles. The molecule has 0 aliphatic heterocycles. The Balaban J connectivity index is 3.82. The van der Waals surface area contributed by atoms with Gasteiger partial charge in [-0.15, -0.1) is 0 Å². The van der Waals surface area contributed by atoms with Gasteiger partial charge < -0.3 is 15.4 Å². The Hall–Kier alpha value is -0.770. The number of ether oxygens (including phenoxy) is 1. The first-order chi connectivity index (χ1) is 8.01. The van der Waals surface area contributed by atoms with E-state index < -0.39 is 0 Å². The maximum atomic E-state index is 11.2. The highest BCUT2D eigenvalue weighted by Gasteiger charge is 2.15. The van der Waals surface area contributed by atoms with E-state index in [1.807, 2.05) is 7.05 Å². The fourth-order valence-electron chi connectivity index (χ4n) is 1.74. The summed E-state index contributed by atoms with van der Waals surface area (Å²) in [6.07, 6.45) is 4.20. The van der Waals surface area contributed by atoms with Crippen LogP contribution in [0.2, 0.25) is 0 Å². The number of methoxy groups -OCH3 is 1. The molecule has 17 heavy (non-hydrogen) atoms. The van der Waals surface area contributed by atoms with Gasteiger partial charge in [0, 0.05) is 12.1 Å². The Morgan fingerprint density at radius 2 is 1.76 bits per heavy atom. The first-order valence-electron chi connectivity index (χ1n) is 6.53. The summed E-state index contributed by atoms with van der Waals surface area (Å²) in [6, 6.07) is 0.786. The molecule has 0 aliphatic rings. The Morgan fingerprint density at radius 3 is 2.24 bits per heavy atom. The monoisotopic (exact) mass is 244 g/mol. The molecule has 0 radical (unpaired) electrons. The maximum Gasteiger partial charge on any atom is 0.407 e. The Labute approximate surface area is 105 Å². The predicted molar refractivity (Wildman–Crippen MR) is 71.2 cm³/mol. The Morgan fingerprint density at radius 1 is 1.18 bits per heavy atom. The molecule has 0 aromatic rings. The number of rotatable bonds is 8. The van der Waals surface area contributed by atoms with E-state index in [1.54, 1.807) is 0 Å². The van der Waals surface area contributed by atoms with Crippen molar-refractivity contribution < 1.29 is 9.53 Å². The SMILES string of the molecule is CN[C@H](C)CCCCC(NC(=O)OC)C(C)C. The third-order valence-corrected chi connectivity index (χ3v) is 3.19. The van der Waals surface area contributed by atoms with E-state index in [1.165, 1.54) is 20.0 Å². The number of carbonyl (C=O) groups excluding carboxylic acids is 1. The average Bonchev–Trinajstić information content (AvgIpc) is 2.31. The van der Waals surface area contributed by atoms with E-state index in [-0.39, 0.29) is 12.1 Å². The highest BCUT2D eigenvalue weighted by atomic mass is 16.5. The van der Waals surface area contributed by atoms with Gasteiger partial charge in [-0.2, -0.15) is 0 Å². The van der Waals surface area contributed by atoms with Crippen LogP contribution in [0.25, 0.3) is 0 Å². The smallest absolute Gasteiger partial charge is 0.407 e. The van der Waals surface area contributed by atoms with E-state index in [0.717, 1.165) is 12.8 Å². The number of amides is 1. The minimum atomic E-state index is -0.327. The molecule has 0 aromatic carbocycles. The van der Waals surface area contributed by atoms with Crippen LogP contribution in [-0.2, 0) is 4.74 Å². The summed E-state index contributed by atoms with van der Waals surface area (Å²) < 4.78 is 4.63. The van der Waals surface area contributed by atoms with Gasteiger partial charge in [0.1, 0.15) is 0 Å². The zero-order chi connectivity index (χ0) is 13.3. The van der Waals surface area contributed by atoms with Crippen molar-refractivity contribution in [2.75, 3.05) is 14.2 Å². The van der Waals surface area contributed by atoms with Crippen molar-refractivity contribution in [3.05, 3.63) is 0 Å². The van der Waals surface area contributed by atoms with Gasteiger partial charge in [-0.3, -0.25) is 0 Å². The number of carbonyl (C=O) groups is 1. The van der Waals surface area contributed by atoms with Crippen molar-refractivity contribution in [1.29, 1.82) is 0 Å². The Kier molecular flexibility index (Phi) is 8.86. The molecule has 0 rings (SSSR count). The highest BCUT2D eigenvalue weighted by Crippen LogP contribution is 2.12. The molecule has 1 amide bonds. The molecule has 0 fully saturated rings. The van der Waals surface area contributed by atoms with Crippen molar-refractivity contribution in [1.82, 2.24) is 10.6 Å². The van der Waals surface area contributed by atoms with Crippen molar-refractivity contribution in [2.45, 2.75) is 58.5 Å². The minimum absolute atomic E-state index is 0.215. The van der Waals surface area contributed by atoms with Crippen LogP contribution in [0.5, 0.6) is 0 Å². The third-order valence-electron chi connectivity index (χ3n) is 3.19. The van der Waals surface area contributed by atoms with Gasteiger partial charge >= 0.3 is 6.09 Å². The van der Waals surface area contributed by atoms with Crippen LogP contribution >= 0.6 is 0 Å². The number of nitrogens with one attached hydrogen (secondary N) is 2. The standard InChI is InChI=1S/C13H28N2O2/c1-10(2)12(15-13(16)17-5)9-7-6-8-11(3)14-4/h10-12,14H,6-9H2,1-5H3,(H,15,16)/t11-,12?/m1/s1. The topological polar surface area (TPSA) is 50.4 Å². The number of alkyl carbamates (subject to hydrolysis) is 1. The van der Waals surface area contributed by atoms with Crippen molar-refractivity contribution in [3.8, 4) is 0 Å². The van der Waals surface area contributed by atoms with Crippen LogP contribution < -0.4 is 10.6 Å². The molecule has 0 spiro atoms. The third kappa shape index (κ3) is 8.02. The molecule has 4 nitrogen and oxygen atoms in total. The van der Waals surface area contributed by atoms with E-state index in [9.17, 15) is 4.79 Å². The molecule has 1 unspecified atom stereocenters. The second kappa shape index (κ2) is 9.28. The summed E-state index contributed by atoms with van der Waals surface area (Å²) in [7, 11) is 3.39. The molecular weight excluding hydrogens is 216 g/mol. The van der Waals surface area contributed by atoms with Crippen molar-refractivity contribution in [3.63, 3.8) is 0 Å². The van der Waals surface area contributed by atoms with Gasteiger partial charge in [0.05, 0.1) is 7.11 Å². The lowest BCUT2D eigenvalue weighted by Gasteiger charge is -2.21. The van der Waals surface area contributed by atoms with Crippen LogP contribution in [0, 0.1) is 5.92 Å². The van der Waals surface area contributed by atoms with Gasteiger partial charge in [0.15, 0.2) is 0 Å². The summed E-state index contributed by atoms with van der Waals surface area (Å²) >= 11 is 0. The normalized spacial score (nSPS) is 14.5. The fourth-order valence-corrected chi connectivity index (χ4v) is 1.74. The largest absolute Gasteiger partial charge is 0.453 e. The van der Waals surface area contributed by atoms with E-state index >= 15 is 0 Å². The van der Waals surface area contributed by atoms with Crippen LogP contribution in [0.15, 0.2) is 0 Å². The van der Waals surface area contributed by atoms with Crippen molar-refractivity contribution in [2.24, 2.45) is 5.92 Å². The van der Waals surface area contributed by atoms with E-state index in [4.69, 9.17) is 0 Å². The summed E-state index contributed by atoms with van der Waals surface area (Å²) in [4.78, 5) is 11.2. The summed E-state index contributed by atoms with van der Waals surface area (Å²) in [5.74, 6) is 0.441. The Bertz CT molecular complexity index is 208. The van der Waals surface area contributed by atoms with E-state index in [0.29, 0.717) is 12.0 Å².